The molecule has 19 heavy (non-hydrogen) atoms. The summed E-state index contributed by atoms with van der Waals surface area (Å²) in [6.45, 7) is 11.2. The van der Waals surface area contributed by atoms with E-state index in [0.717, 1.165) is 17.3 Å². The van der Waals surface area contributed by atoms with E-state index in [4.69, 9.17) is 9.47 Å². The number of likely N-dealkylation sites (tertiary alicyclic amines) is 1. The van der Waals surface area contributed by atoms with Crippen molar-refractivity contribution in [2.75, 3.05) is 17.5 Å². The van der Waals surface area contributed by atoms with E-state index in [-0.39, 0.29) is 17.8 Å². The summed E-state index contributed by atoms with van der Waals surface area (Å²) in [7, 11) is 0. The zero-order valence-electron chi connectivity index (χ0n) is 12.7. The Labute approximate surface area is 130 Å². The lowest BCUT2D eigenvalue weighted by Gasteiger charge is -2.41. The van der Waals surface area contributed by atoms with Crippen LogP contribution in [0.2, 0.25) is 0 Å². The highest BCUT2D eigenvalue weighted by atomic mass is 127. The van der Waals surface area contributed by atoms with Crippen LogP contribution in [0.15, 0.2) is 0 Å². The highest BCUT2D eigenvalue weighted by Gasteiger charge is 2.37. The Bertz CT molecular complexity index is 304. The largest absolute Gasteiger partial charge is 0.444 e. The Morgan fingerprint density at radius 3 is 2.21 bits per heavy atom. The molecule has 0 radical (unpaired) electrons. The second kappa shape index (κ2) is 6.61. The van der Waals surface area contributed by atoms with Crippen LogP contribution in [-0.2, 0) is 9.47 Å². The minimum absolute atomic E-state index is 0.0762. The molecule has 1 amide bonds. The third kappa shape index (κ3) is 5.45. The lowest BCUT2D eigenvalue weighted by molar-refractivity contribution is -0.0945. The van der Waals surface area contributed by atoms with E-state index in [0.29, 0.717) is 13.1 Å². The highest BCUT2D eigenvalue weighted by molar-refractivity contribution is 14.1. The maximum atomic E-state index is 12.0. The van der Waals surface area contributed by atoms with Crippen LogP contribution in [0.1, 0.15) is 47.5 Å². The number of piperidine rings is 1. The van der Waals surface area contributed by atoms with Crippen molar-refractivity contribution in [3.63, 3.8) is 0 Å². The van der Waals surface area contributed by atoms with Gasteiger partial charge < -0.3 is 14.4 Å². The number of hydrogen-bond acceptors (Lipinski definition) is 3. The number of hydrogen-bond donors (Lipinski definition) is 0. The van der Waals surface area contributed by atoms with Gasteiger partial charge >= 0.3 is 6.09 Å². The van der Waals surface area contributed by atoms with Gasteiger partial charge in [0.25, 0.3) is 0 Å². The van der Waals surface area contributed by atoms with Crippen molar-refractivity contribution in [3.8, 4) is 0 Å². The molecule has 1 aliphatic rings. The van der Waals surface area contributed by atoms with Crippen LogP contribution in [0.5, 0.6) is 0 Å². The SMILES string of the molecule is CC(C)OC1(CI)CCN(C(=O)OC(C)(C)C)CC1. The molecule has 0 unspecified atom stereocenters. The second-order valence-electron chi connectivity index (χ2n) is 6.45. The smallest absolute Gasteiger partial charge is 0.410 e. The molecule has 112 valence electrons. The molecule has 1 saturated heterocycles. The second-order valence-corrected chi connectivity index (χ2v) is 7.21. The summed E-state index contributed by atoms with van der Waals surface area (Å²) in [6, 6.07) is 0. The van der Waals surface area contributed by atoms with Crippen LogP contribution in [-0.4, -0.2) is 45.8 Å². The predicted molar refractivity (Wildman–Crippen MR) is 84.9 cm³/mol. The van der Waals surface area contributed by atoms with Gasteiger partial charge in [-0.1, -0.05) is 22.6 Å². The lowest BCUT2D eigenvalue weighted by atomic mass is 9.93. The van der Waals surface area contributed by atoms with Crippen LogP contribution in [0.4, 0.5) is 4.79 Å². The fraction of sp³-hybridized carbons (Fsp3) is 0.929. The zero-order chi connectivity index (χ0) is 14.7. The molecular weight excluding hydrogens is 357 g/mol. The van der Waals surface area contributed by atoms with Crippen molar-refractivity contribution in [3.05, 3.63) is 0 Å². The molecule has 0 spiro atoms. The van der Waals surface area contributed by atoms with E-state index in [1.807, 2.05) is 20.8 Å². The quantitative estimate of drug-likeness (QED) is 0.552. The van der Waals surface area contributed by atoms with Gasteiger partial charge in [0, 0.05) is 17.5 Å². The molecule has 0 N–H and O–H groups in total. The minimum Gasteiger partial charge on any atom is -0.444 e. The van der Waals surface area contributed by atoms with Gasteiger partial charge in [0.05, 0.1) is 11.7 Å². The third-order valence-electron chi connectivity index (χ3n) is 3.06. The van der Waals surface area contributed by atoms with Gasteiger partial charge in [-0.2, -0.15) is 0 Å². The summed E-state index contributed by atoms with van der Waals surface area (Å²) < 4.78 is 12.4. The summed E-state index contributed by atoms with van der Waals surface area (Å²) in [5, 5.41) is 0. The number of ether oxygens (including phenoxy) is 2. The predicted octanol–water partition coefficient (Wildman–Crippen LogP) is 3.62. The molecule has 4 nitrogen and oxygen atoms in total. The maximum Gasteiger partial charge on any atom is 0.410 e. The number of nitrogens with zero attached hydrogens (tertiary/aromatic N) is 1. The molecular formula is C14H26INO3. The number of carbonyl (C=O) groups excluding carboxylic acids is 1. The van der Waals surface area contributed by atoms with E-state index in [1.54, 1.807) is 4.90 Å². The van der Waals surface area contributed by atoms with Crippen LogP contribution < -0.4 is 0 Å². The Morgan fingerprint density at radius 1 is 1.32 bits per heavy atom. The van der Waals surface area contributed by atoms with Gasteiger partial charge in [-0.15, -0.1) is 0 Å². The van der Waals surface area contributed by atoms with E-state index < -0.39 is 5.60 Å². The summed E-state index contributed by atoms with van der Waals surface area (Å²) in [4.78, 5) is 13.8. The Morgan fingerprint density at radius 2 is 1.84 bits per heavy atom. The molecule has 0 aliphatic carbocycles. The summed E-state index contributed by atoms with van der Waals surface area (Å²) >= 11 is 2.38. The number of alkyl halides is 1. The number of rotatable bonds is 3. The topological polar surface area (TPSA) is 38.8 Å². The first-order valence-corrected chi connectivity index (χ1v) is 8.42. The van der Waals surface area contributed by atoms with E-state index in [2.05, 4.69) is 36.4 Å². The van der Waals surface area contributed by atoms with E-state index in [9.17, 15) is 4.79 Å². The first-order valence-electron chi connectivity index (χ1n) is 6.89. The van der Waals surface area contributed by atoms with Gasteiger partial charge in [-0.3, -0.25) is 0 Å². The van der Waals surface area contributed by atoms with Crippen molar-refractivity contribution in [1.82, 2.24) is 4.90 Å². The van der Waals surface area contributed by atoms with Crippen molar-refractivity contribution in [2.24, 2.45) is 0 Å². The van der Waals surface area contributed by atoms with Crippen molar-refractivity contribution >= 4 is 28.7 Å². The molecule has 1 aliphatic heterocycles. The number of halogens is 1. The maximum absolute atomic E-state index is 12.0. The van der Waals surface area contributed by atoms with Gasteiger partial charge in [0.1, 0.15) is 5.60 Å². The lowest BCUT2D eigenvalue weighted by Crippen LogP contribution is -2.50. The molecule has 1 heterocycles. The molecule has 0 atom stereocenters. The van der Waals surface area contributed by atoms with Crippen LogP contribution >= 0.6 is 22.6 Å². The van der Waals surface area contributed by atoms with Gasteiger partial charge in [-0.05, 0) is 47.5 Å². The molecule has 0 saturated carbocycles. The number of carbonyl (C=O) groups is 1. The average Bonchev–Trinajstić information content (AvgIpc) is 2.26. The first kappa shape index (κ1) is 17.0. The normalized spacial score (nSPS) is 19.6. The fourth-order valence-corrected chi connectivity index (χ4v) is 3.15. The average molecular weight is 383 g/mol. The summed E-state index contributed by atoms with van der Waals surface area (Å²) in [5.74, 6) is 0. The standard InChI is InChI=1S/C14H26INO3/c1-11(2)18-14(10-15)6-8-16(9-7-14)12(17)19-13(3,4)5/h11H,6-10H2,1-5H3. The molecule has 0 bridgehead atoms. The fourth-order valence-electron chi connectivity index (χ4n) is 2.21. The third-order valence-corrected chi connectivity index (χ3v) is 4.45. The zero-order valence-corrected chi connectivity index (χ0v) is 14.8. The first-order chi connectivity index (χ1) is 8.67. The summed E-state index contributed by atoms with van der Waals surface area (Å²) in [5.41, 5.74) is -0.503. The van der Waals surface area contributed by atoms with E-state index >= 15 is 0 Å². The summed E-state index contributed by atoms with van der Waals surface area (Å²) in [6.07, 6.45) is 1.78. The van der Waals surface area contributed by atoms with Gasteiger partial charge in [0.15, 0.2) is 0 Å². The van der Waals surface area contributed by atoms with E-state index in [1.165, 1.54) is 0 Å². The molecule has 0 aromatic heterocycles. The van der Waals surface area contributed by atoms with Crippen LogP contribution in [0, 0.1) is 0 Å². The van der Waals surface area contributed by atoms with Crippen LogP contribution in [0.3, 0.4) is 0 Å². The molecule has 1 fully saturated rings. The number of amides is 1. The Hall–Kier alpha value is -0.0400. The Kier molecular flexibility index (Phi) is 5.92. The van der Waals surface area contributed by atoms with Crippen LogP contribution in [0.25, 0.3) is 0 Å². The monoisotopic (exact) mass is 383 g/mol. The van der Waals surface area contributed by atoms with Crippen molar-refractivity contribution in [1.29, 1.82) is 0 Å². The highest BCUT2D eigenvalue weighted by Crippen LogP contribution is 2.30. The van der Waals surface area contributed by atoms with Gasteiger partial charge in [-0.25, -0.2) is 4.79 Å². The molecule has 1 rings (SSSR count). The van der Waals surface area contributed by atoms with Crippen molar-refractivity contribution in [2.45, 2.75) is 64.8 Å². The minimum atomic E-state index is -0.427. The molecule has 0 aromatic rings. The Balaban J connectivity index is 2.54. The molecule has 0 aromatic carbocycles. The van der Waals surface area contributed by atoms with Gasteiger partial charge in [0.2, 0.25) is 0 Å². The van der Waals surface area contributed by atoms with Crippen molar-refractivity contribution < 1.29 is 14.3 Å². The molecule has 5 heteroatoms.